The van der Waals surface area contributed by atoms with E-state index >= 15 is 0 Å². The average molecular weight is 428 g/mol. The molecule has 0 saturated heterocycles. The third-order valence-corrected chi connectivity index (χ3v) is 2.62. The van der Waals surface area contributed by atoms with Crippen molar-refractivity contribution in [2.24, 2.45) is 0 Å². The Kier molecular flexibility index (Phi) is 13.5. The fourth-order valence-electron chi connectivity index (χ4n) is 1.46. The van der Waals surface area contributed by atoms with Crippen molar-refractivity contribution in [1.82, 2.24) is 0 Å². The van der Waals surface area contributed by atoms with Gasteiger partial charge in [0.15, 0.2) is 0 Å². The molecule has 139 valence electrons. The number of halogens is 7. The molecule has 0 spiro atoms. The minimum atomic E-state index is -4.66. The van der Waals surface area contributed by atoms with Gasteiger partial charge >= 0.3 is 34.1 Å². The quantitative estimate of drug-likeness (QED) is 0.250. The molecule has 0 unspecified atom stereocenters. The molecule has 0 atom stereocenters. The van der Waals surface area contributed by atoms with Crippen LogP contribution in [0.3, 0.4) is 0 Å². The van der Waals surface area contributed by atoms with Crippen molar-refractivity contribution < 1.29 is 48.1 Å². The maximum atomic E-state index is 11.9. The number of rotatable bonds is 0. The summed E-state index contributed by atoms with van der Waals surface area (Å²) in [6.45, 7) is 0. The molecule has 0 heterocycles. The summed E-state index contributed by atoms with van der Waals surface area (Å²) in [5, 5.41) is 0. The van der Waals surface area contributed by atoms with Crippen molar-refractivity contribution in [3.05, 3.63) is 84.0 Å². The summed E-state index contributed by atoms with van der Waals surface area (Å²) in [6.07, 6.45) is 10.7. The maximum absolute atomic E-state index is 11.9. The Balaban J connectivity index is 0. The molecule has 1 radical (unpaired) electrons. The molecule has 8 heteroatoms. The molecule has 0 amide bonds. The van der Waals surface area contributed by atoms with Gasteiger partial charge in [-0.2, -0.15) is 62.8 Å². The van der Waals surface area contributed by atoms with Crippen LogP contribution in [-0.4, -0.2) is 0 Å². The average Bonchev–Trinajstić information content (AvgIpc) is 3.24. The Bertz CT molecular complexity index is 535. The van der Waals surface area contributed by atoms with E-state index in [1.165, 1.54) is 6.07 Å². The molecule has 0 saturated carbocycles. The van der Waals surface area contributed by atoms with E-state index in [1.54, 1.807) is 0 Å². The Morgan fingerprint density at radius 3 is 1.46 bits per heavy atom. The van der Waals surface area contributed by atoms with Crippen LogP contribution in [0, 0.1) is 18.2 Å². The zero-order valence-corrected chi connectivity index (χ0v) is 15.7. The van der Waals surface area contributed by atoms with Crippen LogP contribution in [0.25, 0.3) is 0 Å². The number of alkyl halides is 6. The predicted octanol–water partition coefficient (Wildman–Crippen LogP) is 6.56. The Hall–Kier alpha value is -1.24. The van der Waals surface area contributed by atoms with Gasteiger partial charge < -0.3 is 0 Å². The molecule has 0 N–H and O–H groups in total. The Morgan fingerprint density at radius 2 is 1.27 bits per heavy atom. The van der Waals surface area contributed by atoms with Gasteiger partial charge in [-0.3, -0.25) is 12.2 Å². The first kappa shape index (κ1) is 27.0. The van der Waals surface area contributed by atoms with Gasteiger partial charge in [-0.25, -0.2) is 24.3 Å². The summed E-state index contributed by atoms with van der Waals surface area (Å²) < 4.78 is 71.5. The smallest absolute Gasteiger partial charge is 0.273 e. The first-order valence-corrected chi connectivity index (χ1v) is 6.81. The van der Waals surface area contributed by atoms with E-state index in [4.69, 9.17) is 0 Å². The van der Waals surface area contributed by atoms with E-state index in [2.05, 4.69) is 24.3 Å². The van der Waals surface area contributed by atoms with Gasteiger partial charge in [0.25, 0.3) is 0 Å². The van der Waals surface area contributed by atoms with Crippen LogP contribution in [0.4, 0.5) is 26.3 Å². The molecular weight excluding hydrogens is 414 g/mol. The van der Waals surface area contributed by atoms with E-state index in [1.807, 2.05) is 24.3 Å². The van der Waals surface area contributed by atoms with E-state index in [0.29, 0.717) is 12.1 Å². The molecule has 1 aromatic rings. The van der Waals surface area contributed by atoms with Gasteiger partial charge in [0, 0.05) is 0 Å². The topological polar surface area (TPSA) is 0 Å². The third kappa shape index (κ3) is 11.4. The van der Waals surface area contributed by atoms with Gasteiger partial charge in [0.1, 0.15) is 0 Å². The third-order valence-electron chi connectivity index (χ3n) is 2.62. The summed E-state index contributed by atoms with van der Waals surface area (Å²) in [5.74, 6) is 0. The Labute approximate surface area is 169 Å². The van der Waals surface area contributed by atoms with Gasteiger partial charge in [-0.05, 0) is 0 Å². The fourth-order valence-corrected chi connectivity index (χ4v) is 1.46. The second-order valence-corrected chi connectivity index (χ2v) is 4.49. The van der Waals surface area contributed by atoms with Crippen LogP contribution in [0.5, 0.6) is 0 Å². The zero-order chi connectivity index (χ0) is 18.1. The van der Waals surface area contributed by atoms with Crippen molar-refractivity contribution in [3.63, 3.8) is 0 Å². The molecule has 0 nitrogen and oxygen atoms in total. The van der Waals surface area contributed by atoms with Crippen molar-refractivity contribution in [2.45, 2.75) is 25.2 Å². The molecule has 1 aromatic carbocycles. The fraction of sp³-hybridized carbons (Fsp3) is 0.222. The predicted molar refractivity (Wildman–Crippen MR) is 85.7 cm³/mol. The van der Waals surface area contributed by atoms with Crippen LogP contribution in [-0.2, 0) is 34.1 Å². The van der Waals surface area contributed by atoms with E-state index in [-0.39, 0.29) is 40.2 Å². The first-order chi connectivity index (χ1) is 11.2. The molecule has 0 aliphatic heterocycles. The zero-order valence-electron chi connectivity index (χ0n) is 13.3. The second-order valence-electron chi connectivity index (χ2n) is 4.49. The van der Waals surface area contributed by atoms with Gasteiger partial charge in [0.05, 0.1) is 0 Å². The van der Waals surface area contributed by atoms with E-state index in [0.717, 1.165) is 12.8 Å². The van der Waals surface area contributed by atoms with Crippen LogP contribution in [0.2, 0.25) is 0 Å². The van der Waals surface area contributed by atoms with Crippen molar-refractivity contribution in [3.8, 4) is 0 Å². The minimum Gasteiger partial charge on any atom is -0.273 e. The van der Waals surface area contributed by atoms with Crippen molar-refractivity contribution in [2.75, 3.05) is 0 Å². The first-order valence-electron chi connectivity index (χ1n) is 6.81. The number of allylic oxidation sites excluding steroid dienone is 8. The summed E-state index contributed by atoms with van der Waals surface area (Å²) in [6, 6.07) is 2.54. The molecule has 26 heavy (non-hydrogen) atoms. The number of benzene rings is 1. The van der Waals surface area contributed by atoms with Crippen molar-refractivity contribution in [1.29, 1.82) is 0 Å². The standard InChI is InChI=1S/C8H3F6.2C5H5.ClH.Ti/c9-7(10,11)5-1-2-6(4-3-5)8(12,13)14;2*1-2-4-5-3-1;;/h1-3H;2*1-3H,4H2;1H;/q3*-1;;+3. The molecule has 2 aliphatic rings. The molecule has 0 fully saturated rings. The van der Waals surface area contributed by atoms with E-state index in [9.17, 15) is 26.3 Å². The normalized spacial score (nSPS) is 13.8. The molecule has 2 aliphatic carbocycles. The summed E-state index contributed by atoms with van der Waals surface area (Å²) >= 11 is 0. The van der Waals surface area contributed by atoms with E-state index < -0.39 is 23.5 Å². The monoisotopic (exact) mass is 427 g/mol. The molecular formula is C18H14ClF6Ti. The van der Waals surface area contributed by atoms with Crippen LogP contribution >= 0.6 is 12.4 Å². The van der Waals surface area contributed by atoms with Gasteiger partial charge in [-0.15, -0.1) is 25.2 Å². The summed E-state index contributed by atoms with van der Waals surface area (Å²) in [4.78, 5) is 0. The summed E-state index contributed by atoms with van der Waals surface area (Å²) in [5.41, 5.74) is -2.36. The molecule has 0 aromatic heterocycles. The maximum Gasteiger partial charge on any atom is 3.00 e. The van der Waals surface area contributed by atoms with Crippen LogP contribution < -0.4 is 0 Å². The number of hydrogen-bond acceptors (Lipinski definition) is 0. The van der Waals surface area contributed by atoms with Crippen molar-refractivity contribution >= 4 is 12.4 Å². The molecule has 3 rings (SSSR count). The summed E-state index contributed by atoms with van der Waals surface area (Å²) in [7, 11) is 0. The minimum absolute atomic E-state index is 0. The van der Waals surface area contributed by atoms with Crippen LogP contribution in [0.1, 0.15) is 24.0 Å². The van der Waals surface area contributed by atoms with Crippen LogP contribution in [0.15, 0.2) is 54.7 Å². The van der Waals surface area contributed by atoms with Gasteiger partial charge in [0.2, 0.25) is 0 Å². The second kappa shape index (κ2) is 13.0. The SMILES string of the molecule is Cl.FC(F)(F)c1[c-]cc(C(F)(F)F)cc1.[C-]1=CC=CC1.[C-]1=CC=CC1.[Ti+3]. The van der Waals surface area contributed by atoms with Gasteiger partial charge in [-0.1, -0.05) is 11.1 Å². The largest absolute Gasteiger partial charge is 3.00 e. The number of hydrogen-bond donors (Lipinski definition) is 0. The molecule has 0 bridgehead atoms. The Morgan fingerprint density at radius 1 is 0.769 bits per heavy atom.